The summed E-state index contributed by atoms with van der Waals surface area (Å²) < 4.78 is 0. The summed E-state index contributed by atoms with van der Waals surface area (Å²) in [6, 6.07) is 7.03. The Labute approximate surface area is 187 Å². The van der Waals surface area contributed by atoms with E-state index in [0.29, 0.717) is 24.3 Å². The van der Waals surface area contributed by atoms with Crippen molar-refractivity contribution in [3.63, 3.8) is 0 Å². The number of aryl methyl sites for hydroxylation is 2. The van der Waals surface area contributed by atoms with Gasteiger partial charge in [0.2, 0.25) is 5.91 Å². The molecule has 2 saturated heterocycles. The Bertz CT molecular complexity index is 896. The van der Waals surface area contributed by atoms with E-state index in [1.54, 1.807) is 0 Å². The molecule has 0 aliphatic carbocycles. The number of hydrogen-bond acceptors (Lipinski definition) is 3. The molecule has 0 saturated carbocycles. The molecule has 2 fully saturated rings. The van der Waals surface area contributed by atoms with Gasteiger partial charge >= 0.3 is 0 Å². The van der Waals surface area contributed by atoms with Crippen LogP contribution in [-0.2, 0) is 11.3 Å². The van der Waals surface area contributed by atoms with E-state index in [4.69, 9.17) is 0 Å². The standard InChI is InChI=1S/C26H40N4O/c1-19-7-5-9-23-24(20(2)27-26(19)23)18-30-14-6-8-21(17-30)10-11-25(31)29(4)22-12-15-28(3)16-13-22/h5,7,9,21-22,27H,6,8,10-18H2,1-4H3. The molecular weight excluding hydrogens is 384 g/mol. The molecule has 1 amide bonds. The Morgan fingerprint density at radius 2 is 1.94 bits per heavy atom. The van der Waals surface area contributed by atoms with Gasteiger partial charge in [-0.1, -0.05) is 18.2 Å². The van der Waals surface area contributed by atoms with Gasteiger partial charge in [-0.3, -0.25) is 9.69 Å². The Balaban J connectivity index is 1.31. The molecule has 5 nitrogen and oxygen atoms in total. The summed E-state index contributed by atoms with van der Waals surface area (Å²) in [5.74, 6) is 0.977. The minimum atomic E-state index is 0.342. The molecule has 1 aromatic heterocycles. The second-order valence-corrected chi connectivity index (χ2v) is 10.0. The van der Waals surface area contributed by atoms with Gasteiger partial charge in [0.05, 0.1) is 0 Å². The fourth-order valence-corrected chi connectivity index (χ4v) is 5.60. The summed E-state index contributed by atoms with van der Waals surface area (Å²) in [4.78, 5) is 23.4. The number of hydrogen-bond donors (Lipinski definition) is 1. The van der Waals surface area contributed by atoms with Crippen molar-refractivity contribution in [2.75, 3.05) is 40.3 Å². The number of nitrogens with one attached hydrogen (secondary N) is 1. The van der Waals surface area contributed by atoms with Crippen molar-refractivity contribution in [3.05, 3.63) is 35.0 Å². The maximum atomic E-state index is 12.8. The van der Waals surface area contributed by atoms with Crippen molar-refractivity contribution >= 4 is 16.8 Å². The number of likely N-dealkylation sites (tertiary alicyclic amines) is 2. The zero-order chi connectivity index (χ0) is 22.0. The average Bonchev–Trinajstić information content (AvgIpc) is 3.09. The number of amides is 1. The lowest BCUT2D eigenvalue weighted by molar-refractivity contribution is -0.133. The first-order valence-electron chi connectivity index (χ1n) is 12.2. The lowest BCUT2D eigenvalue weighted by atomic mass is 9.92. The highest BCUT2D eigenvalue weighted by atomic mass is 16.2. The summed E-state index contributed by atoms with van der Waals surface area (Å²) in [5.41, 5.74) is 5.33. The normalized spacial score (nSPS) is 21.6. The van der Waals surface area contributed by atoms with E-state index in [1.165, 1.54) is 40.6 Å². The van der Waals surface area contributed by atoms with Crippen LogP contribution in [0.1, 0.15) is 55.3 Å². The Hall–Kier alpha value is -1.85. The third-order valence-electron chi connectivity index (χ3n) is 7.74. The molecule has 31 heavy (non-hydrogen) atoms. The fourth-order valence-electron chi connectivity index (χ4n) is 5.60. The van der Waals surface area contributed by atoms with Crippen molar-refractivity contribution in [1.82, 2.24) is 19.7 Å². The molecule has 0 spiro atoms. The van der Waals surface area contributed by atoms with Crippen LogP contribution in [0.2, 0.25) is 0 Å². The van der Waals surface area contributed by atoms with E-state index in [1.807, 2.05) is 11.9 Å². The minimum absolute atomic E-state index is 0.342. The maximum Gasteiger partial charge on any atom is 0.222 e. The van der Waals surface area contributed by atoms with Crippen molar-refractivity contribution in [2.24, 2.45) is 5.92 Å². The van der Waals surface area contributed by atoms with Crippen LogP contribution >= 0.6 is 0 Å². The van der Waals surface area contributed by atoms with Gasteiger partial charge < -0.3 is 14.8 Å². The number of piperidine rings is 2. The van der Waals surface area contributed by atoms with E-state index < -0.39 is 0 Å². The van der Waals surface area contributed by atoms with Gasteiger partial charge in [-0.05, 0) is 89.7 Å². The van der Waals surface area contributed by atoms with Crippen LogP contribution in [0.25, 0.3) is 10.9 Å². The van der Waals surface area contributed by atoms with Crippen LogP contribution in [0, 0.1) is 19.8 Å². The molecule has 0 bridgehead atoms. The number of rotatable bonds is 6. The Morgan fingerprint density at radius 1 is 1.16 bits per heavy atom. The molecular formula is C26H40N4O. The maximum absolute atomic E-state index is 12.8. The first-order valence-corrected chi connectivity index (χ1v) is 12.2. The van der Waals surface area contributed by atoms with E-state index in [0.717, 1.165) is 52.0 Å². The third kappa shape index (κ3) is 5.15. The highest BCUT2D eigenvalue weighted by Gasteiger charge is 2.26. The summed E-state index contributed by atoms with van der Waals surface area (Å²) in [6.45, 7) is 9.88. The lowest BCUT2D eigenvalue weighted by Gasteiger charge is -2.36. The molecule has 1 unspecified atom stereocenters. The molecule has 1 aromatic carbocycles. The van der Waals surface area contributed by atoms with Crippen molar-refractivity contribution in [3.8, 4) is 0 Å². The second kappa shape index (κ2) is 9.74. The zero-order valence-corrected chi connectivity index (χ0v) is 19.9. The van der Waals surface area contributed by atoms with Gasteiger partial charge in [-0.25, -0.2) is 0 Å². The summed E-state index contributed by atoms with van der Waals surface area (Å²) in [5, 5.41) is 1.37. The highest BCUT2D eigenvalue weighted by Crippen LogP contribution is 2.29. The molecule has 1 atom stereocenters. The quantitative estimate of drug-likeness (QED) is 0.751. The van der Waals surface area contributed by atoms with E-state index in [-0.39, 0.29) is 0 Å². The van der Waals surface area contributed by atoms with Crippen LogP contribution < -0.4 is 0 Å². The molecule has 3 heterocycles. The largest absolute Gasteiger partial charge is 0.358 e. The molecule has 0 radical (unpaired) electrons. The number of H-pyrrole nitrogens is 1. The van der Waals surface area contributed by atoms with Gasteiger partial charge in [-0.2, -0.15) is 0 Å². The Kier molecular flexibility index (Phi) is 7.02. The highest BCUT2D eigenvalue weighted by molar-refractivity contribution is 5.87. The fraction of sp³-hybridized carbons (Fsp3) is 0.654. The van der Waals surface area contributed by atoms with Crippen LogP contribution in [0.4, 0.5) is 0 Å². The molecule has 2 aliphatic heterocycles. The predicted octanol–water partition coefficient (Wildman–Crippen LogP) is 4.33. The van der Waals surface area contributed by atoms with Gasteiger partial charge in [0.1, 0.15) is 0 Å². The van der Waals surface area contributed by atoms with Gasteiger partial charge in [0.15, 0.2) is 0 Å². The molecule has 4 rings (SSSR count). The number of benzene rings is 1. The molecule has 1 N–H and O–H groups in total. The van der Waals surface area contributed by atoms with Crippen LogP contribution in [0.5, 0.6) is 0 Å². The Morgan fingerprint density at radius 3 is 2.71 bits per heavy atom. The first-order chi connectivity index (χ1) is 14.9. The van der Waals surface area contributed by atoms with Crippen LogP contribution in [0.15, 0.2) is 18.2 Å². The number of nitrogens with zero attached hydrogens (tertiary/aromatic N) is 3. The number of aromatic amines is 1. The summed E-state index contributed by atoms with van der Waals surface area (Å²) in [6.07, 6.45) is 6.45. The number of carbonyl (C=O) groups is 1. The predicted molar refractivity (Wildman–Crippen MR) is 128 cm³/mol. The van der Waals surface area contributed by atoms with Crippen LogP contribution in [0.3, 0.4) is 0 Å². The SMILES string of the molecule is Cc1[nH]c2c(C)cccc2c1CN1CCCC(CCC(=O)N(C)C2CCN(C)CC2)C1. The van der Waals surface area contributed by atoms with Crippen molar-refractivity contribution < 1.29 is 4.79 Å². The van der Waals surface area contributed by atoms with Gasteiger partial charge in [0, 0.05) is 49.2 Å². The van der Waals surface area contributed by atoms with E-state index in [2.05, 4.69) is 53.9 Å². The van der Waals surface area contributed by atoms with Crippen molar-refractivity contribution in [1.29, 1.82) is 0 Å². The molecule has 170 valence electrons. The number of carbonyl (C=O) groups excluding carboxylic acids is 1. The number of para-hydroxylation sites is 1. The molecule has 5 heteroatoms. The third-order valence-corrected chi connectivity index (χ3v) is 7.74. The topological polar surface area (TPSA) is 42.6 Å². The van der Waals surface area contributed by atoms with E-state index >= 15 is 0 Å². The monoisotopic (exact) mass is 424 g/mol. The zero-order valence-electron chi connectivity index (χ0n) is 19.9. The van der Waals surface area contributed by atoms with E-state index in [9.17, 15) is 4.79 Å². The van der Waals surface area contributed by atoms with Gasteiger partial charge in [0.25, 0.3) is 0 Å². The molecule has 2 aromatic rings. The lowest BCUT2D eigenvalue weighted by Crippen LogP contribution is -2.44. The number of fused-ring (bicyclic) bond motifs is 1. The average molecular weight is 425 g/mol. The van der Waals surface area contributed by atoms with Crippen molar-refractivity contribution in [2.45, 2.75) is 65.0 Å². The minimum Gasteiger partial charge on any atom is -0.358 e. The van der Waals surface area contributed by atoms with Crippen LogP contribution in [-0.4, -0.2) is 71.9 Å². The summed E-state index contributed by atoms with van der Waals surface area (Å²) in [7, 11) is 4.19. The second-order valence-electron chi connectivity index (χ2n) is 10.0. The smallest absolute Gasteiger partial charge is 0.222 e. The first kappa shape index (κ1) is 22.3. The summed E-state index contributed by atoms with van der Waals surface area (Å²) >= 11 is 0. The molecule has 2 aliphatic rings. The van der Waals surface area contributed by atoms with Gasteiger partial charge in [-0.15, -0.1) is 0 Å². The number of aromatic nitrogens is 1.